The van der Waals surface area contributed by atoms with Gasteiger partial charge in [0.15, 0.2) is 5.16 Å². The number of aromatic nitrogens is 2. The van der Waals surface area contributed by atoms with Crippen molar-refractivity contribution >= 4 is 34.8 Å². The van der Waals surface area contributed by atoms with E-state index in [1.165, 1.54) is 11.8 Å². The molecule has 0 spiro atoms. The minimum absolute atomic E-state index is 0.287. The number of aryl methyl sites for hydroxylation is 1. The van der Waals surface area contributed by atoms with E-state index < -0.39 is 12.0 Å². The van der Waals surface area contributed by atoms with Crippen LogP contribution in [-0.4, -0.2) is 40.0 Å². The largest absolute Gasteiger partial charge is 0.463 e. The molecule has 0 radical (unpaired) electrons. The Hall–Kier alpha value is -2.48. The fourth-order valence-electron chi connectivity index (χ4n) is 3.00. The molecule has 1 atom stereocenters. The second-order valence-corrected chi connectivity index (χ2v) is 6.79. The topological polar surface area (TPSA) is 85.2 Å². The van der Waals surface area contributed by atoms with Gasteiger partial charge < -0.3 is 19.9 Å². The van der Waals surface area contributed by atoms with E-state index in [1.807, 2.05) is 24.3 Å². The van der Waals surface area contributed by atoms with Gasteiger partial charge in [-0.25, -0.2) is 14.6 Å². The number of benzene rings is 1. The predicted octanol–water partition coefficient (Wildman–Crippen LogP) is 2.67. The van der Waals surface area contributed by atoms with E-state index in [1.54, 1.807) is 13.8 Å². The van der Waals surface area contributed by atoms with E-state index in [2.05, 4.69) is 27.1 Å². The molecule has 8 heteroatoms. The number of nitrogens with one attached hydrogen (secondary N) is 2. The number of urea groups is 1. The molecule has 1 aliphatic heterocycles. The summed E-state index contributed by atoms with van der Waals surface area (Å²) in [6.07, 6.45) is 0. The number of carbonyl (C=O) groups excluding carboxylic acids is 2. The fraction of sp³-hybridized carbons (Fsp3) is 0.389. The molecular weight excluding hydrogens is 352 g/mol. The molecule has 7 nitrogen and oxygen atoms in total. The average molecular weight is 374 g/mol. The van der Waals surface area contributed by atoms with Crippen molar-refractivity contribution in [3.8, 4) is 0 Å². The second kappa shape index (κ2) is 7.82. The smallest absolute Gasteiger partial charge is 0.337 e. The molecule has 2 amide bonds. The first-order chi connectivity index (χ1) is 12.5. The molecule has 1 aromatic carbocycles. The monoisotopic (exact) mass is 374 g/mol. The zero-order valence-corrected chi connectivity index (χ0v) is 15.9. The van der Waals surface area contributed by atoms with Crippen molar-refractivity contribution in [2.45, 2.75) is 38.5 Å². The summed E-state index contributed by atoms with van der Waals surface area (Å²) >= 11 is 1.49. The molecule has 0 bridgehead atoms. The van der Waals surface area contributed by atoms with Crippen LogP contribution in [0.5, 0.6) is 0 Å². The Bertz CT molecular complexity index is 874. The third kappa shape index (κ3) is 3.55. The van der Waals surface area contributed by atoms with Crippen LogP contribution in [0.1, 0.15) is 20.8 Å². The van der Waals surface area contributed by atoms with Gasteiger partial charge in [-0.15, -0.1) is 0 Å². The highest BCUT2D eigenvalue weighted by Crippen LogP contribution is 2.27. The first-order valence-corrected chi connectivity index (χ1v) is 9.59. The lowest BCUT2D eigenvalue weighted by atomic mass is 10.1. The minimum atomic E-state index is -0.410. The Morgan fingerprint density at radius 1 is 1.35 bits per heavy atom. The maximum absolute atomic E-state index is 12.3. The lowest BCUT2D eigenvalue weighted by Gasteiger charge is -2.26. The van der Waals surface area contributed by atoms with Crippen LogP contribution in [0, 0.1) is 0 Å². The number of imidazole rings is 1. The van der Waals surface area contributed by atoms with Crippen LogP contribution < -0.4 is 10.6 Å². The summed E-state index contributed by atoms with van der Waals surface area (Å²) in [5, 5.41) is 6.30. The van der Waals surface area contributed by atoms with Crippen molar-refractivity contribution in [3.63, 3.8) is 0 Å². The Morgan fingerprint density at radius 3 is 2.85 bits per heavy atom. The molecule has 1 aromatic heterocycles. The van der Waals surface area contributed by atoms with Crippen molar-refractivity contribution in [3.05, 3.63) is 35.5 Å². The number of amides is 2. The van der Waals surface area contributed by atoms with Crippen molar-refractivity contribution in [2.75, 3.05) is 12.4 Å². The normalized spacial score (nSPS) is 17.2. The van der Waals surface area contributed by atoms with E-state index in [0.29, 0.717) is 17.0 Å². The molecule has 2 N–H and O–H groups in total. The van der Waals surface area contributed by atoms with E-state index in [9.17, 15) is 9.59 Å². The SMILES string of the molecule is CCOC(=O)C1=C(CSc2nc3ccccc3n2CC)NC(=O)NC1C. The van der Waals surface area contributed by atoms with Crippen LogP contribution in [-0.2, 0) is 16.1 Å². The number of ether oxygens (including phenoxy) is 1. The van der Waals surface area contributed by atoms with Crippen molar-refractivity contribution in [1.29, 1.82) is 0 Å². The number of carbonyl (C=O) groups is 2. The number of thioether (sulfide) groups is 1. The van der Waals surface area contributed by atoms with Crippen LogP contribution in [0.3, 0.4) is 0 Å². The standard InChI is InChI=1S/C18H22N4O3S/c1-4-22-14-9-7-6-8-12(14)21-18(22)26-10-13-15(16(23)25-5-2)11(3)19-17(24)20-13/h6-9,11H,4-5,10H2,1-3H3,(H2,19,20,24). The summed E-state index contributed by atoms with van der Waals surface area (Å²) in [6.45, 7) is 6.68. The summed E-state index contributed by atoms with van der Waals surface area (Å²) in [5.41, 5.74) is 3.02. The van der Waals surface area contributed by atoms with E-state index in [-0.39, 0.29) is 12.6 Å². The maximum atomic E-state index is 12.3. The summed E-state index contributed by atoms with van der Waals surface area (Å²) in [5.74, 6) is 0.0157. The highest BCUT2D eigenvalue weighted by atomic mass is 32.2. The van der Waals surface area contributed by atoms with Gasteiger partial charge in [0.2, 0.25) is 0 Å². The third-order valence-electron chi connectivity index (χ3n) is 4.15. The Labute approximate surface area is 156 Å². The van der Waals surface area contributed by atoms with Crippen LogP contribution in [0.2, 0.25) is 0 Å². The molecule has 1 unspecified atom stereocenters. The predicted molar refractivity (Wildman–Crippen MR) is 101 cm³/mol. The van der Waals surface area contributed by atoms with Gasteiger partial charge in [-0.3, -0.25) is 0 Å². The van der Waals surface area contributed by atoms with Gasteiger partial charge in [-0.1, -0.05) is 23.9 Å². The highest BCUT2D eigenvalue weighted by molar-refractivity contribution is 7.99. The number of hydrogen-bond acceptors (Lipinski definition) is 5. The van der Waals surface area contributed by atoms with Gasteiger partial charge in [0.05, 0.1) is 29.3 Å². The second-order valence-electron chi connectivity index (χ2n) is 5.85. The number of nitrogens with zero attached hydrogens (tertiary/aromatic N) is 2. The number of fused-ring (bicyclic) bond motifs is 1. The number of hydrogen-bond donors (Lipinski definition) is 2. The van der Waals surface area contributed by atoms with Crippen molar-refractivity contribution in [2.24, 2.45) is 0 Å². The molecule has 2 aromatic rings. The zero-order valence-electron chi connectivity index (χ0n) is 15.0. The van der Waals surface area contributed by atoms with Crippen LogP contribution in [0.4, 0.5) is 4.79 Å². The molecule has 26 heavy (non-hydrogen) atoms. The van der Waals surface area contributed by atoms with E-state index >= 15 is 0 Å². The van der Waals surface area contributed by atoms with Gasteiger partial charge >= 0.3 is 12.0 Å². The maximum Gasteiger partial charge on any atom is 0.337 e. The molecular formula is C18H22N4O3S. The van der Waals surface area contributed by atoms with Gasteiger partial charge in [0.25, 0.3) is 0 Å². The Kier molecular flexibility index (Phi) is 5.51. The van der Waals surface area contributed by atoms with E-state index in [4.69, 9.17) is 4.74 Å². The first kappa shape index (κ1) is 18.3. The lowest BCUT2D eigenvalue weighted by molar-refractivity contribution is -0.138. The number of para-hydroxylation sites is 2. The lowest BCUT2D eigenvalue weighted by Crippen LogP contribution is -2.49. The van der Waals surface area contributed by atoms with Crippen LogP contribution in [0.15, 0.2) is 40.7 Å². The quantitative estimate of drug-likeness (QED) is 0.600. The molecule has 1 aliphatic rings. The molecule has 0 saturated heterocycles. The number of rotatable bonds is 6. The van der Waals surface area contributed by atoms with Gasteiger partial charge in [0, 0.05) is 18.0 Å². The molecule has 0 saturated carbocycles. The Balaban J connectivity index is 1.89. The molecule has 0 aliphatic carbocycles. The summed E-state index contributed by atoms with van der Waals surface area (Å²) in [7, 11) is 0. The van der Waals surface area contributed by atoms with Crippen LogP contribution >= 0.6 is 11.8 Å². The molecule has 3 rings (SSSR count). The van der Waals surface area contributed by atoms with E-state index in [0.717, 1.165) is 22.7 Å². The van der Waals surface area contributed by atoms with Gasteiger partial charge in [-0.2, -0.15) is 0 Å². The van der Waals surface area contributed by atoms with Crippen molar-refractivity contribution < 1.29 is 14.3 Å². The Morgan fingerprint density at radius 2 is 2.12 bits per heavy atom. The molecule has 2 heterocycles. The van der Waals surface area contributed by atoms with Gasteiger partial charge in [-0.05, 0) is 32.9 Å². The summed E-state index contributed by atoms with van der Waals surface area (Å²) in [4.78, 5) is 28.8. The average Bonchev–Trinajstić information content (AvgIpc) is 2.97. The number of esters is 1. The van der Waals surface area contributed by atoms with Crippen molar-refractivity contribution in [1.82, 2.24) is 20.2 Å². The highest BCUT2D eigenvalue weighted by Gasteiger charge is 2.29. The summed E-state index contributed by atoms with van der Waals surface area (Å²) in [6, 6.07) is 7.24. The van der Waals surface area contributed by atoms with Gasteiger partial charge in [0.1, 0.15) is 0 Å². The zero-order chi connectivity index (χ0) is 18.7. The fourth-order valence-corrected chi connectivity index (χ4v) is 4.05. The molecule has 0 fully saturated rings. The van der Waals surface area contributed by atoms with Crippen LogP contribution in [0.25, 0.3) is 11.0 Å². The first-order valence-electron chi connectivity index (χ1n) is 8.60. The molecule has 138 valence electrons. The minimum Gasteiger partial charge on any atom is -0.463 e. The summed E-state index contributed by atoms with van der Waals surface area (Å²) < 4.78 is 7.27. The third-order valence-corrected chi connectivity index (χ3v) is 5.15.